The maximum Gasteiger partial charge on any atom is 0.0695 e. The number of thioether (sulfide) groups is 1. The van der Waals surface area contributed by atoms with E-state index in [1.165, 1.54) is 37.7 Å². The Morgan fingerprint density at radius 3 is 2.50 bits per heavy atom. The summed E-state index contributed by atoms with van der Waals surface area (Å²) in [4.78, 5) is 2.55. The van der Waals surface area contributed by atoms with Crippen LogP contribution in [0.15, 0.2) is 30.3 Å². The molecule has 0 bridgehead atoms. The maximum atomic E-state index is 10.3. The first kappa shape index (κ1) is 18.2. The Labute approximate surface area is 151 Å². The van der Waals surface area contributed by atoms with Crippen molar-refractivity contribution in [3.63, 3.8) is 0 Å². The summed E-state index contributed by atoms with van der Waals surface area (Å²) in [7, 11) is 0. The summed E-state index contributed by atoms with van der Waals surface area (Å²) in [5.74, 6) is 1.12. The van der Waals surface area contributed by atoms with Gasteiger partial charge in [-0.3, -0.25) is 4.90 Å². The van der Waals surface area contributed by atoms with Gasteiger partial charge in [0.1, 0.15) is 0 Å². The Bertz CT molecular complexity index is 476. The van der Waals surface area contributed by atoms with Gasteiger partial charge in [0.15, 0.2) is 0 Å². The van der Waals surface area contributed by atoms with Crippen LogP contribution in [0.1, 0.15) is 50.1 Å². The van der Waals surface area contributed by atoms with Crippen molar-refractivity contribution in [3.05, 3.63) is 35.9 Å². The molecule has 1 saturated heterocycles. The monoisotopic (exact) mass is 348 g/mol. The third-order valence-electron chi connectivity index (χ3n) is 5.66. The second kappa shape index (κ2) is 9.23. The summed E-state index contributed by atoms with van der Waals surface area (Å²) in [6.45, 7) is 2.25. The van der Waals surface area contributed by atoms with E-state index in [1.54, 1.807) is 0 Å². The molecular weight excluding hydrogens is 316 g/mol. The third-order valence-corrected chi connectivity index (χ3v) is 6.33. The molecule has 4 heteroatoms. The molecule has 3 rings (SSSR count). The minimum atomic E-state index is -0.100. The fraction of sp³-hybridized carbons (Fsp3) is 0.700. The zero-order valence-electron chi connectivity index (χ0n) is 14.9. The van der Waals surface area contributed by atoms with Gasteiger partial charge in [-0.15, -0.1) is 0 Å². The SMILES string of the molecule is CSCC(NC1CCN(C2CCCCC2O)CC1)c1ccccc1. The Morgan fingerprint density at radius 1 is 1.12 bits per heavy atom. The van der Waals surface area contributed by atoms with Gasteiger partial charge in [0.05, 0.1) is 6.10 Å². The average molecular weight is 349 g/mol. The molecule has 0 aromatic heterocycles. The highest BCUT2D eigenvalue weighted by Gasteiger charge is 2.31. The van der Waals surface area contributed by atoms with E-state index in [1.807, 2.05) is 11.8 Å². The van der Waals surface area contributed by atoms with Gasteiger partial charge in [-0.1, -0.05) is 43.2 Å². The molecule has 1 aliphatic heterocycles. The second-order valence-corrected chi connectivity index (χ2v) is 8.23. The summed E-state index contributed by atoms with van der Waals surface area (Å²) in [6, 6.07) is 12.3. The highest BCUT2D eigenvalue weighted by Crippen LogP contribution is 2.27. The van der Waals surface area contributed by atoms with Gasteiger partial charge in [0.2, 0.25) is 0 Å². The predicted molar refractivity (Wildman–Crippen MR) is 104 cm³/mol. The Morgan fingerprint density at radius 2 is 1.83 bits per heavy atom. The molecule has 1 aromatic carbocycles. The third kappa shape index (κ3) is 4.75. The van der Waals surface area contributed by atoms with E-state index < -0.39 is 0 Å². The van der Waals surface area contributed by atoms with Crippen LogP contribution in [0.5, 0.6) is 0 Å². The van der Waals surface area contributed by atoms with Gasteiger partial charge in [-0.2, -0.15) is 11.8 Å². The molecule has 0 spiro atoms. The van der Waals surface area contributed by atoms with Gasteiger partial charge in [0, 0.05) is 37.0 Å². The van der Waals surface area contributed by atoms with Crippen molar-refractivity contribution >= 4 is 11.8 Å². The predicted octanol–water partition coefficient (Wildman–Crippen LogP) is 3.45. The number of aliphatic hydroxyl groups is 1. The fourth-order valence-corrected chi connectivity index (χ4v) is 4.91. The molecule has 1 heterocycles. The maximum absolute atomic E-state index is 10.3. The van der Waals surface area contributed by atoms with Crippen LogP contribution in [-0.2, 0) is 0 Å². The molecule has 2 aliphatic rings. The van der Waals surface area contributed by atoms with Crippen LogP contribution >= 0.6 is 11.8 Å². The lowest BCUT2D eigenvalue weighted by atomic mass is 9.89. The van der Waals surface area contributed by atoms with Crippen LogP contribution in [0.25, 0.3) is 0 Å². The molecule has 3 atom stereocenters. The quantitative estimate of drug-likeness (QED) is 0.825. The van der Waals surface area contributed by atoms with E-state index >= 15 is 0 Å². The first-order valence-electron chi connectivity index (χ1n) is 9.50. The van der Waals surface area contributed by atoms with Crippen molar-refractivity contribution in [2.45, 2.75) is 62.8 Å². The Balaban J connectivity index is 1.52. The number of hydrogen-bond acceptors (Lipinski definition) is 4. The Hall–Kier alpha value is -0.550. The number of hydrogen-bond donors (Lipinski definition) is 2. The second-order valence-electron chi connectivity index (χ2n) is 7.31. The van der Waals surface area contributed by atoms with Crippen molar-refractivity contribution in [3.8, 4) is 0 Å². The molecule has 134 valence electrons. The molecule has 2 fully saturated rings. The van der Waals surface area contributed by atoms with Crippen LogP contribution in [0.4, 0.5) is 0 Å². The standard InChI is InChI=1S/C20H32N2OS/c1-24-15-18(16-7-3-2-4-8-16)21-17-11-13-22(14-12-17)19-9-5-6-10-20(19)23/h2-4,7-8,17-21,23H,5-6,9-15H2,1H3. The number of aliphatic hydroxyl groups excluding tert-OH is 1. The van der Waals surface area contributed by atoms with E-state index in [-0.39, 0.29) is 6.10 Å². The van der Waals surface area contributed by atoms with Crippen LogP contribution in [0.2, 0.25) is 0 Å². The topological polar surface area (TPSA) is 35.5 Å². The van der Waals surface area contributed by atoms with Gasteiger partial charge >= 0.3 is 0 Å². The largest absolute Gasteiger partial charge is 0.391 e. The van der Waals surface area contributed by atoms with Crippen molar-refractivity contribution < 1.29 is 5.11 Å². The molecule has 1 aliphatic carbocycles. The van der Waals surface area contributed by atoms with Gasteiger partial charge in [0.25, 0.3) is 0 Å². The number of benzene rings is 1. The normalized spacial score (nSPS) is 27.9. The lowest BCUT2D eigenvalue weighted by molar-refractivity contribution is 0.00674. The molecule has 0 amide bonds. The van der Waals surface area contributed by atoms with Crippen molar-refractivity contribution in [2.24, 2.45) is 0 Å². The highest BCUT2D eigenvalue weighted by atomic mass is 32.2. The molecule has 3 unspecified atom stereocenters. The molecule has 1 saturated carbocycles. The molecule has 24 heavy (non-hydrogen) atoms. The number of piperidine rings is 1. The van der Waals surface area contributed by atoms with Gasteiger partial charge < -0.3 is 10.4 Å². The summed E-state index contributed by atoms with van der Waals surface area (Å²) < 4.78 is 0. The first-order chi connectivity index (χ1) is 11.8. The van der Waals surface area contributed by atoms with Gasteiger partial charge in [-0.25, -0.2) is 0 Å². The summed E-state index contributed by atoms with van der Waals surface area (Å²) in [5, 5.41) is 14.2. The average Bonchev–Trinajstić information content (AvgIpc) is 2.63. The van der Waals surface area contributed by atoms with Crippen molar-refractivity contribution in [1.29, 1.82) is 0 Å². The first-order valence-corrected chi connectivity index (χ1v) is 10.9. The summed E-state index contributed by atoms with van der Waals surface area (Å²) in [5.41, 5.74) is 1.40. The minimum Gasteiger partial charge on any atom is -0.391 e. The van der Waals surface area contributed by atoms with E-state index in [2.05, 4.69) is 46.8 Å². The van der Waals surface area contributed by atoms with E-state index in [0.717, 1.165) is 25.3 Å². The van der Waals surface area contributed by atoms with Gasteiger partial charge in [-0.05, 0) is 37.5 Å². The summed E-state index contributed by atoms with van der Waals surface area (Å²) in [6.07, 6.45) is 9.13. The lowest BCUT2D eigenvalue weighted by Gasteiger charge is -2.42. The number of nitrogens with zero attached hydrogens (tertiary/aromatic N) is 1. The lowest BCUT2D eigenvalue weighted by Crippen LogP contribution is -2.52. The zero-order chi connectivity index (χ0) is 16.8. The highest BCUT2D eigenvalue weighted by molar-refractivity contribution is 7.98. The fourth-order valence-electron chi connectivity index (χ4n) is 4.29. The van der Waals surface area contributed by atoms with E-state index in [0.29, 0.717) is 18.1 Å². The Kier molecular flexibility index (Phi) is 7.02. The smallest absolute Gasteiger partial charge is 0.0695 e. The number of rotatable bonds is 6. The molecule has 3 nitrogen and oxygen atoms in total. The van der Waals surface area contributed by atoms with Crippen molar-refractivity contribution in [1.82, 2.24) is 10.2 Å². The van der Waals surface area contributed by atoms with Crippen LogP contribution in [0, 0.1) is 0 Å². The molecule has 0 radical (unpaired) electrons. The van der Waals surface area contributed by atoms with Crippen LogP contribution in [-0.4, -0.2) is 53.3 Å². The zero-order valence-corrected chi connectivity index (χ0v) is 15.7. The van der Waals surface area contributed by atoms with Crippen molar-refractivity contribution in [2.75, 3.05) is 25.1 Å². The molecule has 2 N–H and O–H groups in total. The van der Waals surface area contributed by atoms with E-state index in [9.17, 15) is 5.11 Å². The van der Waals surface area contributed by atoms with Crippen LogP contribution in [0.3, 0.4) is 0 Å². The van der Waals surface area contributed by atoms with E-state index in [4.69, 9.17) is 0 Å². The molecular formula is C20H32N2OS. The van der Waals surface area contributed by atoms with Crippen LogP contribution < -0.4 is 5.32 Å². The number of nitrogens with one attached hydrogen (secondary N) is 1. The summed E-state index contributed by atoms with van der Waals surface area (Å²) >= 11 is 1.91. The molecule has 1 aromatic rings. The minimum absolute atomic E-state index is 0.100. The number of likely N-dealkylation sites (tertiary alicyclic amines) is 1.